The van der Waals surface area contributed by atoms with E-state index < -0.39 is 0 Å². The molecule has 82 valence electrons. The first-order valence-electron chi connectivity index (χ1n) is 4.74. The number of para-hydroxylation sites is 1. The van der Waals surface area contributed by atoms with Crippen molar-refractivity contribution in [3.63, 3.8) is 0 Å². The molecular weight excluding hydrogens is 261 g/mol. The summed E-state index contributed by atoms with van der Waals surface area (Å²) in [7, 11) is 1.57. The summed E-state index contributed by atoms with van der Waals surface area (Å²) in [5.74, 6) is -0.522. The number of amides is 1. The summed E-state index contributed by atoms with van der Waals surface area (Å²) in [5.41, 5.74) is 0.306. The van der Waals surface area contributed by atoms with Crippen LogP contribution in [0.4, 0.5) is 10.1 Å². The second kappa shape index (κ2) is 5.26. The van der Waals surface area contributed by atoms with E-state index in [1.165, 1.54) is 11.0 Å². The molecule has 0 N–H and O–H groups in total. The fraction of sp³-hybridized carbons (Fsp3) is 0.364. The van der Waals surface area contributed by atoms with Crippen LogP contribution in [0.15, 0.2) is 24.3 Å². The van der Waals surface area contributed by atoms with E-state index in [0.29, 0.717) is 12.1 Å². The lowest BCUT2D eigenvalue weighted by Crippen LogP contribution is -2.33. The van der Waals surface area contributed by atoms with Gasteiger partial charge in [0, 0.05) is 7.05 Å². The van der Waals surface area contributed by atoms with Crippen LogP contribution in [-0.2, 0) is 4.79 Å². The number of rotatable bonds is 3. The average molecular weight is 274 g/mol. The molecular formula is C11H13BrFNO. The quantitative estimate of drug-likeness (QED) is 0.776. The molecule has 1 rings (SSSR count). The number of alkyl halides is 1. The molecule has 0 aliphatic carbocycles. The fourth-order valence-electron chi connectivity index (χ4n) is 1.23. The van der Waals surface area contributed by atoms with Gasteiger partial charge in [0.1, 0.15) is 5.82 Å². The van der Waals surface area contributed by atoms with Crippen LogP contribution >= 0.6 is 15.9 Å². The number of benzene rings is 1. The number of carbonyl (C=O) groups excluding carboxylic acids is 1. The Balaban J connectivity index is 2.90. The summed E-state index contributed by atoms with van der Waals surface area (Å²) in [6.07, 6.45) is 0.678. The van der Waals surface area contributed by atoms with Crippen LogP contribution in [-0.4, -0.2) is 17.8 Å². The van der Waals surface area contributed by atoms with Crippen molar-refractivity contribution in [3.8, 4) is 0 Å². The van der Waals surface area contributed by atoms with E-state index in [9.17, 15) is 9.18 Å². The Hall–Kier alpha value is -0.900. The molecule has 0 saturated heterocycles. The third-order valence-electron chi connectivity index (χ3n) is 2.17. The number of carbonyl (C=O) groups is 1. The van der Waals surface area contributed by atoms with E-state index in [2.05, 4.69) is 15.9 Å². The standard InChI is InChI=1S/C11H13BrFNO/c1-3-8(12)11(15)14(2)10-7-5-4-6-9(10)13/h4-8H,3H2,1-2H3. The van der Waals surface area contributed by atoms with Gasteiger partial charge < -0.3 is 4.90 Å². The molecule has 1 aromatic rings. The first-order chi connectivity index (χ1) is 7.07. The molecule has 1 amide bonds. The maximum absolute atomic E-state index is 13.4. The van der Waals surface area contributed by atoms with Crippen LogP contribution in [0, 0.1) is 5.82 Å². The van der Waals surface area contributed by atoms with Crippen molar-refractivity contribution in [2.75, 3.05) is 11.9 Å². The normalized spacial score (nSPS) is 12.3. The highest BCUT2D eigenvalue weighted by Crippen LogP contribution is 2.20. The zero-order valence-electron chi connectivity index (χ0n) is 8.71. The third-order valence-corrected chi connectivity index (χ3v) is 3.21. The van der Waals surface area contributed by atoms with Gasteiger partial charge in [0.15, 0.2) is 0 Å². The third kappa shape index (κ3) is 2.78. The van der Waals surface area contributed by atoms with Gasteiger partial charge in [0.05, 0.1) is 10.5 Å². The highest BCUT2D eigenvalue weighted by molar-refractivity contribution is 9.10. The number of hydrogen-bond donors (Lipinski definition) is 0. The molecule has 15 heavy (non-hydrogen) atoms. The summed E-state index contributed by atoms with van der Waals surface area (Å²) in [4.78, 5) is 12.8. The minimum absolute atomic E-state index is 0.136. The Morgan fingerprint density at radius 1 is 1.53 bits per heavy atom. The van der Waals surface area contributed by atoms with Gasteiger partial charge in [-0.3, -0.25) is 4.79 Å². The van der Waals surface area contributed by atoms with Crippen molar-refractivity contribution in [1.29, 1.82) is 0 Å². The molecule has 0 bridgehead atoms. The maximum Gasteiger partial charge on any atom is 0.240 e. The molecule has 0 aliphatic rings. The summed E-state index contributed by atoms with van der Waals surface area (Å²) >= 11 is 3.25. The van der Waals surface area contributed by atoms with Gasteiger partial charge in [0.25, 0.3) is 0 Å². The van der Waals surface area contributed by atoms with Gasteiger partial charge >= 0.3 is 0 Å². The topological polar surface area (TPSA) is 20.3 Å². The monoisotopic (exact) mass is 273 g/mol. The maximum atomic E-state index is 13.4. The molecule has 0 heterocycles. The van der Waals surface area contributed by atoms with Crippen molar-refractivity contribution < 1.29 is 9.18 Å². The molecule has 0 radical (unpaired) electrons. The van der Waals surface area contributed by atoms with Crippen molar-refractivity contribution >= 4 is 27.5 Å². The van der Waals surface area contributed by atoms with E-state index in [-0.39, 0.29) is 16.6 Å². The van der Waals surface area contributed by atoms with Crippen molar-refractivity contribution in [1.82, 2.24) is 0 Å². The van der Waals surface area contributed by atoms with Gasteiger partial charge in [-0.15, -0.1) is 0 Å². The van der Waals surface area contributed by atoms with Crippen LogP contribution in [0.2, 0.25) is 0 Å². The Bertz CT molecular complexity index is 356. The number of hydrogen-bond acceptors (Lipinski definition) is 1. The first kappa shape index (κ1) is 12.2. The largest absolute Gasteiger partial charge is 0.312 e. The second-order valence-electron chi connectivity index (χ2n) is 3.22. The Kier molecular flexibility index (Phi) is 4.27. The lowest BCUT2D eigenvalue weighted by Gasteiger charge is -2.20. The smallest absolute Gasteiger partial charge is 0.240 e. The molecule has 1 unspecified atom stereocenters. The Labute approximate surface area is 97.2 Å². The van der Waals surface area contributed by atoms with Crippen LogP contribution in [0.3, 0.4) is 0 Å². The van der Waals surface area contributed by atoms with E-state index in [1.54, 1.807) is 25.2 Å². The van der Waals surface area contributed by atoms with Crippen LogP contribution in [0.1, 0.15) is 13.3 Å². The summed E-state index contributed by atoms with van der Waals surface area (Å²) < 4.78 is 13.4. The second-order valence-corrected chi connectivity index (χ2v) is 4.33. The minimum Gasteiger partial charge on any atom is -0.312 e. The molecule has 0 aliphatic heterocycles. The van der Waals surface area contributed by atoms with Gasteiger partial charge in [-0.1, -0.05) is 35.0 Å². The lowest BCUT2D eigenvalue weighted by atomic mass is 10.2. The summed E-state index contributed by atoms with van der Waals surface area (Å²) in [6.45, 7) is 1.90. The lowest BCUT2D eigenvalue weighted by molar-refractivity contribution is -0.117. The highest BCUT2D eigenvalue weighted by atomic mass is 79.9. The number of halogens is 2. The van der Waals surface area contributed by atoms with E-state index in [4.69, 9.17) is 0 Å². The predicted molar refractivity (Wildman–Crippen MR) is 62.8 cm³/mol. The SMILES string of the molecule is CCC(Br)C(=O)N(C)c1ccccc1F. The molecule has 0 aromatic heterocycles. The van der Waals surface area contributed by atoms with Crippen LogP contribution < -0.4 is 4.90 Å². The fourth-order valence-corrected chi connectivity index (χ4v) is 1.53. The van der Waals surface area contributed by atoms with E-state index >= 15 is 0 Å². The van der Waals surface area contributed by atoms with Crippen molar-refractivity contribution in [3.05, 3.63) is 30.1 Å². The van der Waals surface area contributed by atoms with E-state index in [1.807, 2.05) is 6.92 Å². The number of nitrogens with zero attached hydrogens (tertiary/aromatic N) is 1. The summed E-state index contributed by atoms with van der Waals surface area (Å²) in [6, 6.07) is 6.23. The van der Waals surface area contributed by atoms with Gasteiger partial charge in [0.2, 0.25) is 5.91 Å². The zero-order chi connectivity index (χ0) is 11.4. The summed E-state index contributed by atoms with van der Waals surface area (Å²) in [5, 5.41) is 0. The highest BCUT2D eigenvalue weighted by Gasteiger charge is 2.20. The zero-order valence-corrected chi connectivity index (χ0v) is 10.3. The van der Waals surface area contributed by atoms with Gasteiger partial charge in [-0.2, -0.15) is 0 Å². The van der Waals surface area contributed by atoms with Gasteiger partial charge in [-0.25, -0.2) is 4.39 Å². The van der Waals surface area contributed by atoms with Crippen molar-refractivity contribution in [2.45, 2.75) is 18.2 Å². The molecule has 0 saturated carbocycles. The minimum atomic E-state index is -0.385. The van der Waals surface area contributed by atoms with Crippen LogP contribution in [0.25, 0.3) is 0 Å². The molecule has 1 atom stereocenters. The molecule has 4 heteroatoms. The molecule has 0 fully saturated rings. The van der Waals surface area contributed by atoms with Gasteiger partial charge in [-0.05, 0) is 18.6 Å². The Morgan fingerprint density at radius 2 is 2.13 bits per heavy atom. The number of anilines is 1. The first-order valence-corrected chi connectivity index (χ1v) is 5.65. The molecule has 0 spiro atoms. The van der Waals surface area contributed by atoms with E-state index in [0.717, 1.165) is 0 Å². The molecule has 2 nitrogen and oxygen atoms in total. The average Bonchev–Trinajstić information content (AvgIpc) is 2.26. The molecule has 1 aromatic carbocycles. The van der Waals surface area contributed by atoms with Crippen molar-refractivity contribution in [2.24, 2.45) is 0 Å². The predicted octanol–water partition coefficient (Wildman–Crippen LogP) is 2.96. The Morgan fingerprint density at radius 3 is 2.67 bits per heavy atom. The van der Waals surface area contributed by atoms with Crippen LogP contribution in [0.5, 0.6) is 0 Å².